The summed E-state index contributed by atoms with van der Waals surface area (Å²) in [6.45, 7) is 17.2. The highest BCUT2D eigenvalue weighted by atomic mass is 16.2. The molecule has 0 saturated carbocycles. The molecule has 3 saturated heterocycles. The van der Waals surface area contributed by atoms with Crippen molar-refractivity contribution in [3.8, 4) is 0 Å². The van der Waals surface area contributed by atoms with Gasteiger partial charge >= 0.3 is 0 Å². The molecule has 4 nitrogen and oxygen atoms in total. The Balaban J connectivity index is 1.39. The normalized spacial score (nSPS) is 25.6. The van der Waals surface area contributed by atoms with Crippen molar-refractivity contribution in [3.63, 3.8) is 0 Å². The lowest BCUT2D eigenvalue weighted by Gasteiger charge is -2.43. The molecule has 3 aliphatic rings. The zero-order valence-corrected chi connectivity index (χ0v) is 18.3. The second-order valence-electron chi connectivity index (χ2n) is 10.1. The second-order valence-corrected chi connectivity index (χ2v) is 10.1. The fraction of sp³-hybridized carbons (Fsp3) is 0.957. The van der Waals surface area contributed by atoms with E-state index >= 15 is 0 Å². The zero-order chi connectivity index (χ0) is 19.4. The summed E-state index contributed by atoms with van der Waals surface area (Å²) in [6, 6.07) is 0.718. The standard InChI is InChI=1S/C23H43N3O/c1-18(2)17-24-11-5-21(6-12-24)23(27)26-15-9-22(10-16-26)25-13-7-20(8-14-25)19(3)4/h18-22H,5-17H2,1-4H3. The van der Waals surface area contributed by atoms with Crippen molar-refractivity contribution in [2.45, 2.75) is 72.3 Å². The zero-order valence-electron chi connectivity index (χ0n) is 18.3. The van der Waals surface area contributed by atoms with Gasteiger partial charge in [0.05, 0.1) is 0 Å². The van der Waals surface area contributed by atoms with Crippen LogP contribution in [0, 0.1) is 23.7 Å². The molecule has 27 heavy (non-hydrogen) atoms. The Morgan fingerprint density at radius 3 is 1.93 bits per heavy atom. The van der Waals surface area contributed by atoms with Crippen molar-refractivity contribution in [2.75, 3.05) is 45.8 Å². The van der Waals surface area contributed by atoms with E-state index in [1.54, 1.807) is 0 Å². The maximum absolute atomic E-state index is 13.0. The van der Waals surface area contributed by atoms with Gasteiger partial charge in [-0.1, -0.05) is 27.7 Å². The lowest BCUT2D eigenvalue weighted by Crippen LogP contribution is -2.51. The highest BCUT2D eigenvalue weighted by molar-refractivity contribution is 5.79. The maximum Gasteiger partial charge on any atom is 0.225 e. The Bertz CT molecular complexity index is 454. The largest absolute Gasteiger partial charge is 0.342 e. The fourth-order valence-electron chi connectivity index (χ4n) is 5.54. The van der Waals surface area contributed by atoms with E-state index < -0.39 is 0 Å². The summed E-state index contributed by atoms with van der Waals surface area (Å²) in [5, 5.41) is 0. The summed E-state index contributed by atoms with van der Waals surface area (Å²) in [6.07, 6.45) is 7.23. The van der Waals surface area contributed by atoms with Gasteiger partial charge in [-0.15, -0.1) is 0 Å². The first kappa shape index (κ1) is 21.1. The molecule has 3 heterocycles. The number of hydrogen-bond donors (Lipinski definition) is 0. The van der Waals surface area contributed by atoms with Crippen LogP contribution >= 0.6 is 0 Å². The average Bonchev–Trinajstić information content (AvgIpc) is 2.68. The number of rotatable bonds is 5. The van der Waals surface area contributed by atoms with Gasteiger partial charge in [-0.05, 0) is 82.5 Å². The van der Waals surface area contributed by atoms with Gasteiger partial charge in [0.25, 0.3) is 0 Å². The van der Waals surface area contributed by atoms with Gasteiger partial charge < -0.3 is 14.7 Å². The van der Waals surface area contributed by atoms with Crippen molar-refractivity contribution in [3.05, 3.63) is 0 Å². The molecule has 3 fully saturated rings. The highest BCUT2D eigenvalue weighted by Gasteiger charge is 2.33. The third-order valence-corrected chi connectivity index (χ3v) is 7.37. The van der Waals surface area contributed by atoms with Gasteiger partial charge in [0, 0.05) is 31.6 Å². The summed E-state index contributed by atoms with van der Waals surface area (Å²) in [4.78, 5) is 20.4. The third kappa shape index (κ3) is 5.69. The molecule has 3 rings (SSSR count). The number of hydrogen-bond acceptors (Lipinski definition) is 3. The van der Waals surface area contributed by atoms with E-state index in [0.29, 0.717) is 5.91 Å². The molecule has 0 unspecified atom stereocenters. The van der Waals surface area contributed by atoms with Crippen LogP contribution in [-0.4, -0.2) is 72.5 Å². The summed E-state index contributed by atoms with van der Waals surface area (Å²) < 4.78 is 0. The Labute approximate surface area is 167 Å². The SMILES string of the molecule is CC(C)CN1CCC(C(=O)N2CCC(N3CCC(C(C)C)CC3)CC2)CC1. The predicted octanol–water partition coefficient (Wildman–Crippen LogP) is 3.71. The molecule has 0 radical (unpaired) electrons. The minimum absolute atomic E-state index is 0.284. The number of likely N-dealkylation sites (tertiary alicyclic amines) is 3. The van der Waals surface area contributed by atoms with Gasteiger partial charge in [-0.25, -0.2) is 0 Å². The van der Waals surface area contributed by atoms with Gasteiger partial charge in [-0.2, -0.15) is 0 Å². The van der Waals surface area contributed by atoms with Crippen LogP contribution in [0.4, 0.5) is 0 Å². The van der Waals surface area contributed by atoms with Crippen molar-refractivity contribution < 1.29 is 4.79 Å². The van der Waals surface area contributed by atoms with E-state index in [1.807, 2.05) is 0 Å². The van der Waals surface area contributed by atoms with Crippen LogP contribution in [0.1, 0.15) is 66.2 Å². The van der Waals surface area contributed by atoms with E-state index in [1.165, 1.54) is 45.3 Å². The van der Waals surface area contributed by atoms with E-state index in [4.69, 9.17) is 0 Å². The minimum Gasteiger partial charge on any atom is -0.342 e. The third-order valence-electron chi connectivity index (χ3n) is 7.37. The van der Waals surface area contributed by atoms with Gasteiger partial charge in [0.2, 0.25) is 5.91 Å². The predicted molar refractivity (Wildman–Crippen MR) is 113 cm³/mol. The summed E-state index contributed by atoms with van der Waals surface area (Å²) in [7, 11) is 0. The highest BCUT2D eigenvalue weighted by Crippen LogP contribution is 2.29. The van der Waals surface area contributed by atoms with E-state index in [-0.39, 0.29) is 5.92 Å². The van der Waals surface area contributed by atoms with E-state index in [9.17, 15) is 4.79 Å². The number of nitrogens with zero attached hydrogens (tertiary/aromatic N) is 3. The smallest absolute Gasteiger partial charge is 0.225 e. The van der Waals surface area contributed by atoms with Gasteiger partial charge in [0.15, 0.2) is 0 Å². The van der Waals surface area contributed by atoms with Crippen LogP contribution in [0.3, 0.4) is 0 Å². The first-order valence-electron chi connectivity index (χ1n) is 11.7. The lowest BCUT2D eigenvalue weighted by molar-refractivity contribution is -0.138. The maximum atomic E-state index is 13.0. The lowest BCUT2D eigenvalue weighted by atomic mass is 9.85. The molecule has 0 atom stereocenters. The Hall–Kier alpha value is -0.610. The van der Waals surface area contributed by atoms with Gasteiger partial charge in [-0.3, -0.25) is 4.79 Å². The molecule has 0 bridgehead atoms. The topological polar surface area (TPSA) is 26.8 Å². The summed E-state index contributed by atoms with van der Waals surface area (Å²) >= 11 is 0. The molecule has 3 aliphatic heterocycles. The molecule has 0 N–H and O–H groups in total. The average molecular weight is 378 g/mol. The molecule has 0 aromatic rings. The molecule has 0 spiro atoms. The molecular formula is C23H43N3O. The van der Waals surface area contributed by atoms with Crippen LogP contribution < -0.4 is 0 Å². The Morgan fingerprint density at radius 2 is 1.41 bits per heavy atom. The Morgan fingerprint density at radius 1 is 0.815 bits per heavy atom. The summed E-state index contributed by atoms with van der Waals surface area (Å²) in [5.41, 5.74) is 0. The number of piperidine rings is 3. The number of carbonyl (C=O) groups is 1. The summed E-state index contributed by atoms with van der Waals surface area (Å²) in [5.74, 6) is 3.22. The Kier molecular flexibility index (Phi) is 7.61. The molecule has 0 aromatic heterocycles. The van der Waals surface area contributed by atoms with Crippen molar-refractivity contribution in [1.82, 2.24) is 14.7 Å². The minimum atomic E-state index is 0.284. The fourth-order valence-corrected chi connectivity index (χ4v) is 5.54. The van der Waals surface area contributed by atoms with E-state index in [0.717, 1.165) is 62.8 Å². The molecule has 0 aliphatic carbocycles. The van der Waals surface area contributed by atoms with Crippen LogP contribution in [0.5, 0.6) is 0 Å². The first-order chi connectivity index (χ1) is 12.9. The number of carbonyl (C=O) groups excluding carboxylic acids is 1. The van der Waals surface area contributed by atoms with Crippen LogP contribution in [0.15, 0.2) is 0 Å². The monoisotopic (exact) mass is 377 g/mol. The molecular weight excluding hydrogens is 334 g/mol. The van der Waals surface area contributed by atoms with E-state index in [2.05, 4.69) is 42.4 Å². The first-order valence-corrected chi connectivity index (χ1v) is 11.7. The van der Waals surface area contributed by atoms with Crippen molar-refractivity contribution in [2.24, 2.45) is 23.7 Å². The van der Waals surface area contributed by atoms with Crippen molar-refractivity contribution in [1.29, 1.82) is 0 Å². The van der Waals surface area contributed by atoms with Crippen LogP contribution in [-0.2, 0) is 4.79 Å². The van der Waals surface area contributed by atoms with Gasteiger partial charge in [0.1, 0.15) is 0 Å². The molecule has 1 amide bonds. The molecule has 0 aromatic carbocycles. The quantitative estimate of drug-likeness (QED) is 0.731. The van der Waals surface area contributed by atoms with Crippen LogP contribution in [0.2, 0.25) is 0 Å². The van der Waals surface area contributed by atoms with Crippen molar-refractivity contribution >= 4 is 5.91 Å². The molecule has 4 heteroatoms. The van der Waals surface area contributed by atoms with Crippen LogP contribution in [0.25, 0.3) is 0 Å². The molecule has 156 valence electrons. The number of amides is 1. The second kappa shape index (κ2) is 9.73.